The van der Waals surface area contributed by atoms with Gasteiger partial charge in [0.1, 0.15) is 22.9 Å². The summed E-state index contributed by atoms with van der Waals surface area (Å²) in [7, 11) is 0. The third-order valence-corrected chi connectivity index (χ3v) is 10.3. The number of aromatic nitrogens is 4. The van der Waals surface area contributed by atoms with Crippen LogP contribution in [-0.2, 0) is 12.4 Å². The molecule has 2 heterocycles. The molecule has 8 aromatic rings. The van der Waals surface area contributed by atoms with E-state index in [0.29, 0.717) is 0 Å². The number of ketones is 4. The van der Waals surface area contributed by atoms with Gasteiger partial charge < -0.3 is 4.74 Å². The van der Waals surface area contributed by atoms with Crippen LogP contribution in [-0.4, -0.2) is 42.7 Å². The average Bonchev–Trinajstić information content (AvgIpc) is 3.34. The Labute approximate surface area is 374 Å². The normalized spacial score (nSPS) is 11.5. The van der Waals surface area contributed by atoms with Gasteiger partial charge in [-0.3, -0.25) is 30.0 Å². The number of carbonyl (C=O) groups excluding carboxylic acids is 4. The largest absolute Gasteiger partial charge is 0.457 e. The van der Waals surface area contributed by atoms with Gasteiger partial charge in [-0.2, -0.15) is 36.5 Å². The second-order valence-electron chi connectivity index (χ2n) is 14.7. The van der Waals surface area contributed by atoms with Crippen molar-refractivity contribution in [2.45, 2.75) is 12.4 Å². The molecule has 0 unspecified atom stereocenters. The van der Waals surface area contributed by atoms with Crippen molar-refractivity contribution in [3.8, 4) is 22.9 Å². The van der Waals surface area contributed by atoms with E-state index in [1.807, 2.05) is 0 Å². The van der Waals surface area contributed by atoms with E-state index in [2.05, 4.69) is 10.2 Å². The van der Waals surface area contributed by atoms with Gasteiger partial charge in [0, 0.05) is 22.3 Å². The third kappa shape index (κ3) is 9.51. The molecular formula is C50H30F6N6O5. The smallest absolute Gasteiger partial charge is 0.416 e. The molecule has 0 aliphatic rings. The number of hydrogen-bond acceptors (Lipinski definition) is 9. The molecule has 2 aromatic heterocycles. The zero-order valence-electron chi connectivity index (χ0n) is 34.3. The van der Waals surface area contributed by atoms with Crippen LogP contribution in [0.4, 0.5) is 26.3 Å². The average molecular weight is 909 g/mol. The van der Waals surface area contributed by atoms with Crippen LogP contribution in [0, 0.1) is 10.8 Å². The van der Waals surface area contributed by atoms with Gasteiger partial charge in [0.25, 0.3) is 0 Å². The first-order valence-electron chi connectivity index (χ1n) is 19.9. The summed E-state index contributed by atoms with van der Waals surface area (Å²) >= 11 is 0. The number of alkyl halides is 6. The predicted octanol–water partition coefficient (Wildman–Crippen LogP) is 9.77. The van der Waals surface area contributed by atoms with E-state index in [-0.39, 0.29) is 67.6 Å². The van der Waals surface area contributed by atoms with Crippen molar-refractivity contribution >= 4 is 23.1 Å². The highest BCUT2D eigenvalue weighted by Crippen LogP contribution is 2.31. The maximum atomic E-state index is 13.9. The number of nitrogens with zero attached hydrogens (tertiary/aromatic N) is 4. The molecule has 0 spiro atoms. The monoisotopic (exact) mass is 908 g/mol. The van der Waals surface area contributed by atoms with Gasteiger partial charge in [-0.05, 0) is 109 Å². The number of ether oxygens (including phenoxy) is 1. The Bertz CT molecular complexity index is 3090. The van der Waals surface area contributed by atoms with E-state index in [1.54, 1.807) is 36.4 Å². The zero-order valence-corrected chi connectivity index (χ0v) is 34.3. The molecule has 0 radical (unpaired) electrons. The highest BCUT2D eigenvalue weighted by atomic mass is 19.4. The van der Waals surface area contributed by atoms with Crippen LogP contribution in [0.5, 0.6) is 11.5 Å². The van der Waals surface area contributed by atoms with E-state index in [1.165, 1.54) is 72.8 Å². The van der Waals surface area contributed by atoms with Crippen molar-refractivity contribution in [3.05, 3.63) is 237 Å². The van der Waals surface area contributed by atoms with Crippen LogP contribution >= 0.6 is 0 Å². The fourth-order valence-corrected chi connectivity index (χ4v) is 6.81. The van der Waals surface area contributed by atoms with Crippen molar-refractivity contribution in [3.63, 3.8) is 0 Å². The van der Waals surface area contributed by atoms with E-state index in [0.717, 1.165) is 70.0 Å². The molecule has 0 atom stereocenters. The summed E-state index contributed by atoms with van der Waals surface area (Å²) in [6.45, 7) is 0. The molecule has 0 aliphatic heterocycles. The molecule has 0 amide bonds. The van der Waals surface area contributed by atoms with Gasteiger partial charge in [0.2, 0.25) is 11.6 Å². The van der Waals surface area contributed by atoms with Crippen LogP contribution in [0.1, 0.15) is 75.1 Å². The Kier molecular flexibility index (Phi) is 12.0. The molecule has 2 N–H and O–H groups in total. The Morgan fingerprint density at radius 3 is 1.04 bits per heavy atom. The van der Waals surface area contributed by atoms with Crippen molar-refractivity contribution in [1.82, 2.24) is 19.6 Å². The molecule has 67 heavy (non-hydrogen) atoms. The number of halogens is 6. The lowest BCUT2D eigenvalue weighted by Gasteiger charge is -2.13. The minimum atomic E-state index is -4.63. The third-order valence-electron chi connectivity index (χ3n) is 10.3. The molecular weight excluding hydrogens is 879 g/mol. The topological polar surface area (TPSA) is 161 Å². The zero-order chi connectivity index (χ0) is 47.6. The standard InChI is InChI=1S/C50H30F6N6O5/c51-49(52,53)33-15-19-35(20-16-33)61-47(57)39(43(63)29-7-3-1-4-8-29)27-41(59-61)45(65)31-11-23-37(24-12-31)67-38-25-13-32(14-26-38)46(66)42-28-40(44(64)30-9-5-2-6-10-30)48(58)62(60-42)36-21-17-34(18-22-36)50(54,55)56/h1-28,57-58H. The van der Waals surface area contributed by atoms with Gasteiger partial charge in [0.15, 0.2) is 22.5 Å². The summed E-state index contributed by atoms with van der Waals surface area (Å²) in [6, 6.07) is 37.2. The minimum absolute atomic E-state index is 0.00189. The van der Waals surface area contributed by atoms with Gasteiger partial charge >= 0.3 is 12.4 Å². The lowest BCUT2D eigenvalue weighted by Crippen LogP contribution is -2.30. The molecule has 332 valence electrons. The Morgan fingerprint density at radius 1 is 0.418 bits per heavy atom. The predicted molar refractivity (Wildman–Crippen MR) is 228 cm³/mol. The van der Waals surface area contributed by atoms with Crippen LogP contribution in [0.15, 0.2) is 170 Å². The fourth-order valence-electron chi connectivity index (χ4n) is 6.81. The molecule has 17 heteroatoms. The van der Waals surface area contributed by atoms with Crippen LogP contribution < -0.4 is 15.7 Å². The van der Waals surface area contributed by atoms with Crippen molar-refractivity contribution in [1.29, 1.82) is 10.8 Å². The molecule has 6 aromatic carbocycles. The number of benzene rings is 6. The quantitative estimate of drug-likeness (QED) is 0.0912. The molecule has 0 saturated heterocycles. The highest BCUT2D eigenvalue weighted by Gasteiger charge is 2.31. The van der Waals surface area contributed by atoms with Crippen LogP contribution in [0.2, 0.25) is 0 Å². The summed E-state index contributed by atoms with van der Waals surface area (Å²) in [6.07, 6.45) is -9.27. The maximum absolute atomic E-state index is 13.9. The van der Waals surface area contributed by atoms with Gasteiger partial charge in [-0.1, -0.05) is 60.7 Å². The molecule has 0 fully saturated rings. The van der Waals surface area contributed by atoms with Gasteiger partial charge in [-0.15, -0.1) is 0 Å². The first-order chi connectivity index (χ1) is 32.0. The van der Waals surface area contributed by atoms with Crippen molar-refractivity contribution in [2.75, 3.05) is 0 Å². The molecule has 0 aliphatic carbocycles. The SMILES string of the molecule is N=c1c(C(=O)c2ccccc2)cc(C(=O)c2ccc(Oc3ccc(C(=O)c4cc(C(=O)c5ccccc5)c(=N)n(-c5ccc(C(F)(F)F)cc5)n4)cc3)cc2)nn1-c1ccc(C(F)(F)F)cc1. The van der Waals surface area contributed by atoms with Crippen LogP contribution in [0.3, 0.4) is 0 Å². The number of hydrogen-bond donors (Lipinski definition) is 2. The fraction of sp³-hybridized carbons (Fsp3) is 0.0400. The summed E-state index contributed by atoms with van der Waals surface area (Å²) in [5.41, 5.74) is -3.27. The van der Waals surface area contributed by atoms with E-state index in [9.17, 15) is 45.5 Å². The Hall–Kier alpha value is -8.86. The first kappa shape index (κ1) is 44.7. The molecule has 8 rings (SSSR count). The van der Waals surface area contributed by atoms with E-state index < -0.39 is 57.6 Å². The Balaban J connectivity index is 1.05. The highest BCUT2D eigenvalue weighted by molar-refractivity contribution is 6.13. The van der Waals surface area contributed by atoms with Gasteiger partial charge in [-0.25, -0.2) is 9.36 Å². The lowest BCUT2D eigenvalue weighted by atomic mass is 10.0. The summed E-state index contributed by atoms with van der Waals surface area (Å²) in [5.74, 6) is -2.11. The molecule has 0 saturated carbocycles. The van der Waals surface area contributed by atoms with Crippen LogP contribution in [0.25, 0.3) is 11.4 Å². The van der Waals surface area contributed by atoms with Gasteiger partial charge in [0.05, 0.1) is 33.6 Å². The molecule has 0 bridgehead atoms. The second-order valence-corrected chi connectivity index (χ2v) is 14.7. The second kappa shape index (κ2) is 18.0. The maximum Gasteiger partial charge on any atom is 0.416 e. The number of rotatable bonds is 12. The van der Waals surface area contributed by atoms with Crippen molar-refractivity contribution in [2.24, 2.45) is 0 Å². The van der Waals surface area contributed by atoms with E-state index >= 15 is 0 Å². The first-order valence-corrected chi connectivity index (χ1v) is 19.9. The van der Waals surface area contributed by atoms with E-state index in [4.69, 9.17) is 15.6 Å². The lowest BCUT2D eigenvalue weighted by molar-refractivity contribution is -0.138. The number of carbonyl (C=O) groups is 4. The number of nitrogens with one attached hydrogen (secondary N) is 2. The summed E-state index contributed by atoms with van der Waals surface area (Å²) in [5, 5.41) is 26.1. The molecule has 11 nitrogen and oxygen atoms in total. The summed E-state index contributed by atoms with van der Waals surface area (Å²) < 4.78 is 87.8. The minimum Gasteiger partial charge on any atom is -0.457 e. The summed E-state index contributed by atoms with van der Waals surface area (Å²) in [4.78, 5) is 54.9. The Morgan fingerprint density at radius 2 is 0.731 bits per heavy atom. The van der Waals surface area contributed by atoms with Crippen molar-refractivity contribution < 1.29 is 50.3 Å².